The maximum Gasteiger partial charge on any atom is 0.673 e. The average molecular weight is 625 g/mol. The average Bonchev–Trinajstić information content (AvgIpc) is 3.07. The first-order valence-corrected chi connectivity index (χ1v) is 17.6. The summed E-state index contributed by atoms with van der Waals surface area (Å²) < 4.78 is 45.4. The quantitative estimate of drug-likeness (QED) is 0.0780. The molecule has 6 aromatic carbocycles. The zero-order valence-electron chi connectivity index (χ0n) is 23.8. The van der Waals surface area contributed by atoms with E-state index in [1.807, 2.05) is 0 Å². The van der Waals surface area contributed by atoms with Crippen molar-refractivity contribution in [1.82, 2.24) is 4.17 Å². The van der Waals surface area contributed by atoms with Crippen LogP contribution in [-0.2, 0) is 0 Å². The lowest BCUT2D eigenvalue weighted by molar-refractivity contribution is 0.368. The van der Waals surface area contributed by atoms with Crippen molar-refractivity contribution in [3.05, 3.63) is 182 Å². The van der Waals surface area contributed by atoms with Crippen LogP contribution in [0.2, 0.25) is 0 Å². The van der Waals surface area contributed by atoms with Crippen LogP contribution < -0.4 is 36.0 Å². The highest BCUT2D eigenvalue weighted by Crippen LogP contribution is 2.50. The highest BCUT2D eigenvalue weighted by molar-refractivity contribution is 7.93. The fourth-order valence-corrected chi connectivity index (χ4v) is 14.8. The lowest BCUT2D eigenvalue weighted by Crippen LogP contribution is -2.31. The number of benzene rings is 6. The molecule has 0 aliphatic heterocycles. The predicted octanol–water partition coefficient (Wildman–Crippen LogP) is 7.71. The van der Waals surface area contributed by atoms with Gasteiger partial charge in [0.25, 0.3) is 0 Å². The Labute approximate surface area is 256 Å². The van der Waals surface area contributed by atoms with Gasteiger partial charge >= 0.3 is 21.4 Å². The van der Waals surface area contributed by atoms with E-state index in [4.69, 9.17) is 4.17 Å². The number of nitrogens with zero attached hydrogens (tertiary/aromatic N) is 1. The maximum atomic E-state index is 9.75. The summed E-state index contributed by atoms with van der Waals surface area (Å²) in [5.41, 5.74) is 0. The summed E-state index contributed by atoms with van der Waals surface area (Å²) in [5.74, 6) is 0. The normalized spacial score (nSPS) is 11.5. The highest BCUT2D eigenvalue weighted by Gasteiger charge is 2.44. The lowest BCUT2D eigenvalue weighted by Gasteiger charge is -2.20. The minimum absolute atomic E-state index is 1.26. The van der Waals surface area contributed by atoms with Crippen LogP contribution in [0.1, 0.15) is 0 Å². The molecule has 8 heteroatoms. The fraction of sp³-hybridized carbons (Fsp3) is 0. The first kappa shape index (κ1) is 31.1. The van der Waals surface area contributed by atoms with E-state index >= 15 is 0 Å². The molecule has 6 rings (SSSR count). The van der Waals surface area contributed by atoms with Gasteiger partial charge in [0.1, 0.15) is 0 Å². The standard InChI is InChI=1S/C36H30NP2.BF4/c1-7-19-31(20-8-1)38(32-21-9-2-10-22-32,33-23-11-3-12-24-33)37-39(34-25-13-4-14-26-34,35-27-15-5-16-28-35)36-29-17-6-18-30-36;2-1(3,4)5/h1-30H;/q+1;-1. The Hall–Kier alpha value is -4.33. The summed E-state index contributed by atoms with van der Waals surface area (Å²) in [4.78, 5) is 0. The SMILES string of the molecule is F[B-](F)(F)F.c1ccc(P(=[N+]=P(c2ccccc2)(c2ccccc2)c2ccccc2)(c2ccccc2)c2ccccc2)cc1. The number of halogens is 4. The topological polar surface area (TPSA) is 14.1 Å². The summed E-state index contributed by atoms with van der Waals surface area (Å²) in [6.45, 7) is 0. The van der Waals surface area contributed by atoms with E-state index in [9.17, 15) is 17.3 Å². The van der Waals surface area contributed by atoms with E-state index in [1.54, 1.807) is 0 Å². The Balaban J connectivity index is 0.000000712. The molecular formula is C36H30BF4NP2. The van der Waals surface area contributed by atoms with Crippen LogP contribution in [0.25, 0.3) is 0 Å². The predicted molar refractivity (Wildman–Crippen MR) is 183 cm³/mol. The molecule has 0 fully saturated rings. The van der Waals surface area contributed by atoms with Crippen molar-refractivity contribution >= 4 is 53.2 Å². The molecule has 0 unspecified atom stereocenters. The van der Waals surface area contributed by atoms with Crippen LogP contribution >= 0.6 is 14.1 Å². The summed E-state index contributed by atoms with van der Waals surface area (Å²) >= 11 is 0. The van der Waals surface area contributed by atoms with Crippen molar-refractivity contribution in [3.8, 4) is 0 Å². The molecule has 0 bridgehead atoms. The van der Waals surface area contributed by atoms with Crippen molar-refractivity contribution in [3.63, 3.8) is 0 Å². The van der Waals surface area contributed by atoms with Gasteiger partial charge in [0.05, 0.1) is 31.8 Å². The monoisotopic (exact) mass is 625 g/mol. The Morgan fingerprint density at radius 2 is 0.432 bits per heavy atom. The lowest BCUT2D eigenvalue weighted by atomic mass is 10.3. The fourth-order valence-electron chi connectivity index (χ4n) is 5.27. The van der Waals surface area contributed by atoms with Gasteiger partial charge in [-0.2, -0.15) is 0 Å². The van der Waals surface area contributed by atoms with Crippen LogP contribution in [0.15, 0.2) is 182 Å². The van der Waals surface area contributed by atoms with Crippen LogP contribution in [0.4, 0.5) is 17.3 Å². The number of rotatable bonds is 6. The van der Waals surface area contributed by atoms with E-state index in [-0.39, 0.29) is 0 Å². The molecule has 6 aromatic rings. The molecule has 0 heterocycles. The molecule has 1 nitrogen and oxygen atoms in total. The maximum absolute atomic E-state index is 9.75. The molecule has 0 amide bonds. The van der Waals surface area contributed by atoms with E-state index in [1.165, 1.54) is 31.8 Å². The third kappa shape index (κ3) is 6.90. The minimum atomic E-state index is -6.00. The second-order valence-electron chi connectivity index (χ2n) is 9.87. The third-order valence-corrected chi connectivity index (χ3v) is 15.5. The second kappa shape index (κ2) is 14.0. The van der Waals surface area contributed by atoms with Gasteiger partial charge in [-0.15, -0.1) is 4.17 Å². The van der Waals surface area contributed by atoms with Crippen LogP contribution in [0.5, 0.6) is 0 Å². The van der Waals surface area contributed by atoms with Gasteiger partial charge in [-0.3, -0.25) is 0 Å². The highest BCUT2D eigenvalue weighted by atomic mass is 31.2. The summed E-state index contributed by atoms with van der Waals surface area (Å²) in [6.07, 6.45) is 0. The van der Waals surface area contributed by atoms with Gasteiger partial charge in [-0.05, 0) is 72.8 Å². The Morgan fingerprint density at radius 1 is 0.295 bits per heavy atom. The summed E-state index contributed by atoms with van der Waals surface area (Å²) in [6, 6.07) is 65.7. The van der Waals surface area contributed by atoms with E-state index < -0.39 is 21.4 Å². The molecule has 0 saturated heterocycles. The van der Waals surface area contributed by atoms with Crippen molar-refractivity contribution in [2.24, 2.45) is 0 Å². The Kier molecular flexibility index (Phi) is 9.88. The molecule has 220 valence electrons. The van der Waals surface area contributed by atoms with Crippen LogP contribution in [-0.4, -0.2) is 7.25 Å². The van der Waals surface area contributed by atoms with Crippen molar-refractivity contribution in [2.75, 3.05) is 0 Å². The van der Waals surface area contributed by atoms with Gasteiger partial charge in [0, 0.05) is 0 Å². The van der Waals surface area contributed by atoms with Gasteiger partial charge in [-0.25, -0.2) is 0 Å². The van der Waals surface area contributed by atoms with Crippen molar-refractivity contribution in [1.29, 1.82) is 0 Å². The van der Waals surface area contributed by atoms with Crippen LogP contribution in [0.3, 0.4) is 0 Å². The number of hydrogen-bond acceptors (Lipinski definition) is 0. The summed E-state index contributed by atoms with van der Waals surface area (Å²) in [5, 5.41) is 7.55. The molecular weight excluding hydrogens is 595 g/mol. The van der Waals surface area contributed by atoms with Gasteiger partial charge in [0.2, 0.25) is 0 Å². The third-order valence-electron chi connectivity index (χ3n) is 7.05. The smallest absolute Gasteiger partial charge is 0.418 e. The molecule has 0 aliphatic rings. The number of hydrogen-bond donors (Lipinski definition) is 0. The molecule has 0 aliphatic carbocycles. The molecule has 0 aromatic heterocycles. The van der Waals surface area contributed by atoms with Gasteiger partial charge in [-0.1, -0.05) is 109 Å². The second-order valence-corrected chi connectivity index (χ2v) is 16.2. The van der Waals surface area contributed by atoms with Crippen LogP contribution in [0, 0.1) is 0 Å². The summed E-state index contributed by atoms with van der Waals surface area (Å²) in [7, 11) is -11.0. The van der Waals surface area contributed by atoms with E-state index in [2.05, 4.69) is 182 Å². The first-order chi connectivity index (χ1) is 21.3. The van der Waals surface area contributed by atoms with Crippen molar-refractivity contribution in [2.45, 2.75) is 0 Å². The minimum Gasteiger partial charge on any atom is -0.418 e. The first-order valence-electron chi connectivity index (χ1n) is 14.1. The molecule has 0 N–H and O–H groups in total. The Morgan fingerprint density at radius 3 is 0.568 bits per heavy atom. The zero-order valence-corrected chi connectivity index (χ0v) is 25.5. The van der Waals surface area contributed by atoms with E-state index in [0.717, 1.165) is 0 Å². The largest absolute Gasteiger partial charge is 0.673 e. The molecule has 0 radical (unpaired) electrons. The molecule has 0 saturated carbocycles. The van der Waals surface area contributed by atoms with Gasteiger partial charge in [0.15, 0.2) is 0 Å². The molecule has 0 spiro atoms. The van der Waals surface area contributed by atoms with Crippen molar-refractivity contribution < 1.29 is 17.3 Å². The zero-order chi connectivity index (χ0) is 30.9. The van der Waals surface area contributed by atoms with E-state index in [0.29, 0.717) is 0 Å². The molecule has 0 atom stereocenters. The Bertz CT molecular complexity index is 1540. The molecule has 44 heavy (non-hydrogen) atoms. The van der Waals surface area contributed by atoms with Gasteiger partial charge < -0.3 is 17.3 Å².